The molecule has 2 aliphatic heterocycles. The van der Waals surface area contributed by atoms with Crippen LogP contribution in [0.1, 0.15) is 33.6 Å². The zero-order valence-corrected chi connectivity index (χ0v) is 12.3. The van der Waals surface area contributed by atoms with Gasteiger partial charge in [-0.05, 0) is 38.6 Å². The number of likely N-dealkylation sites (tertiary alicyclic amines) is 1. The fourth-order valence-corrected chi connectivity index (χ4v) is 3.18. The summed E-state index contributed by atoms with van der Waals surface area (Å²) in [4.78, 5) is 28.3. The average Bonchev–Trinajstić information content (AvgIpc) is 2.78. The first-order chi connectivity index (χ1) is 10.2. The van der Waals surface area contributed by atoms with Gasteiger partial charge in [0, 0.05) is 25.7 Å². The topological polar surface area (TPSA) is 52.6 Å². The second kappa shape index (κ2) is 5.95. The number of carbonyl (C=O) groups excluding carboxylic acids is 2. The monoisotopic (exact) mass is 287 g/mol. The van der Waals surface area contributed by atoms with Gasteiger partial charge in [0.15, 0.2) is 0 Å². The second-order valence-electron chi connectivity index (χ2n) is 5.74. The lowest BCUT2D eigenvalue weighted by Crippen LogP contribution is -2.47. The van der Waals surface area contributed by atoms with Gasteiger partial charge < -0.3 is 10.2 Å². The standard InChI is InChI=1S/C16H21N3O2/c1-17-12-5-4-8-18(11-12)9-10-19-15(20)13-6-2-3-7-14(13)16(19)21/h2-3,6-7,12,17H,4-5,8-11H2,1H3. The molecule has 3 rings (SSSR count). The van der Waals surface area contributed by atoms with Gasteiger partial charge in [-0.25, -0.2) is 0 Å². The third-order valence-electron chi connectivity index (χ3n) is 4.43. The van der Waals surface area contributed by atoms with Crippen LogP contribution in [0.2, 0.25) is 0 Å². The van der Waals surface area contributed by atoms with Crippen molar-refractivity contribution in [3.05, 3.63) is 35.4 Å². The summed E-state index contributed by atoms with van der Waals surface area (Å²) in [6, 6.07) is 7.58. The largest absolute Gasteiger partial charge is 0.316 e. The minimum absolute atomic E-state index is 0.155. The summed E-state index contributed by atoms with van der Waals surface area (Å²) < 4.78 is 0. The number of nitrogens with one attached hydrogen (secondary N) is 1. The van der Waals surface area contributed by atoms with Crippen LogP contribution in [-0.2, 0) is 0 Å². The maximum Gasteiger partial charge on any atom is 0.261 e. The van der Waals surface area contributed by atoms with Crippen molar-refractivity contribution in [1.29, 1.82) is 0 Å². The van der Waals surface area contributed by atoms with E-state index in [0.29, 0.717) is 23.7 Å². The number of rotatable bonds is 4. The number of likely N-dealkylation sites (N-methyl/N-ethyl adjacent to an activating group) is 1. The summed E-state index contributed by atoms with van der Waals surface area (Å²) >= 11 is 0. The molecule has 1 atom stereocenters. The third-order valence-corrected chi connectivity index (χ3v) is 4.43. The number of imide groups is 1. The van der Waals surface area contributed by atoms with Crippen LogP contribution in [0.15, 0.2) is 24.3 Å². The van der Waals surface area contributed by atoms with E-state index in [4.69, 9.17) is 0 Å². The third kappa shape index (κ3) is 2.71. The molecular weight excluding hydrogens is 266 g/mol. The molecule has 2 aliphatic rings. The Bertz CT molecular complexity index is 523. The normalized spacial score (nSPS) is 22.7. The van der Waals surface area contributed by atoms with E-state index < -0.39 is 0 Å². The molecule has 0 radical (unpaired) electrons. The van der Waals surface area contributed by atoms with Crippen molar-refractivity contribution >= 4 is 11.8 Å². The zero-order valence-electron chi connectivity index (χ0n) is 12.3. The molecule has 2 heterocycles. The summed E-state index contributed by atoms with van der Waals surface area (Å²) in [6.45, 7) is 3.26. The fraction of sp³-hybridized carbons (Fsp3) is 0.500. The van der Waals surface area contributed by atoms with Gasteiger partial charge in [-0.2, -0.15) is 0 Å². The predicted octanol–water partition coefficient (Wildman–Crippen LogP) is 0.966. The first-order valence-electron chi connectivity index (χ1n) is 7.55. The van der Waals surface area contributed by atoms with Gasteiger partial charge in [-0.3, -0.25) is 14.5 Å². The number of hydrogen-bond donors (Lipinski definition) is 1. The molecular formula is C16H21N3O2. The summed E-state index contributed by atoms with van der Waals surface area (Å²) in [6.07, 6.45) is 2.35. The first kappa shape index (κ1) is 14.2. The number of benzene rings is 1. The zero-order chi connectivity index (χ0) is 14.8. The Morgan fingerprint density at radius 2 is 1.81 bits per heavy atom. The molecule has 21 heavy (non-hydrogen) atoms. The Hall–Kier alpha value is -1.72. The summed E-state index contributed by atoms with van der Waals surface area (Å²) in [5.74, 6) is -0.310. The van der Waals surface area contributed by atoms with E-state index in [1.807, 2.05) is 7.05 Å². The molecule has 0 spiro atoms. The van der Waals surface area contributed by atoms with Crippen molar-refractivity contribution in [1.82, 2.24) is 15.1 Å². The molecule has 1 aromatic rings. The number of piperidine rings is 1. The lowest BCUT2D eigenvalue weighted by molar-refractivity contribution is 0.0628. The van der Waals surface area contributed by atoms with E-state index in [-0.39, 0.29) is 11.8 Å². The molecule has 0 aromatic heterocycles. The highest BCUT2D eigenvalue weighted by Crippen LogP contribution is 2.22. The minimum Gasteiger partial charge on any atom is -0.316 e. The number of amides is 2. The predicted molar refractivity (Wildman–Crippen MR) is 80.3 cm³/mol. The van der Waals surface area contributed by atoms with E-state index in [0.717, 1.165) is 26.1 Å². The Balaban J connectivity index is 1.62. The van der Waals surface area contributed by atoms with Gasteiger partial charge in [0.2, 0.25) is 0 Å². The van der Waals surface area contributed by atoms with Crippen molar-refractivity contribution in [2.45, 2.75) is 18.9 Å². The lowest BCUT2D eigenvalue weighted by Gasteiger charge is -2.33. The highest BCUT2D eigenvalue weighted by Gasteiger charge is 2.35. The van der Waals surface area contributed by atoms with Crippen LogP contribution in [-0.4, -0.2) is 60.9 Å². The number of nitrogens with zero attached hydrogens (tertiary/aromatic N) is 2. The van der Waals surface area contributed by atoms with Gasteiger partial charge >= 0.3 is 0 Å². The fourth-order valence-electron chi connectivity index (χ4n) is 3.18. The summed E-state index contributed by atoms with van der Waals surface area (Å²) in [5, 5.41) is 3.30. The number of fused-ring (bicyclic) bond motifs is 1. The summed E-state index contributed by atoms with van der Waals surface area (Å²) in [7, 11) is 1.98. The molecule has 2 amide bonds. The Morgan fingerprint density at radius 3 is 2.43 bits per heavy atom. The van der Waals surface area contributed by atoms with Crippen molar-refractivity contribution in [3.8, 4) is 0 Å². The van der Waals surface area contributed by atoms with E-state index in [1.54, 1.807) is 24.3 Å². The molecule has 112 valence electrons. The molecule has 1 fully saturated rings. The van der Waals surface area contributed by atoms with Crippen LogP contribution < -0.4 is 5.32 Å². The molecule has 0 saturated carbocycles. The van der Waals surface area contributed by atoms with Gasteiger partial charge in [-0.15, -0.1) is 0 Å². The molecule has 0 aliphatic carbocycles. The first-order valence-corrected chi connectivity index (χ1v) is 7.55. The molecule has 1 unspecified atom stereocenters. The van der Waals surface area contributed by atoms with Crippen LogP contribution >= 0.6 is 0 Å². The Labute approximate surface area is 124 Å². The Morgan fingerprint density at radius 1 is 1.14 bits per heavy atom. The van der Waals surface area contributed by atoms with Crippen molar-refractivity contribution in [3.63, 3.8) is 0 Å². The smallest absolute Gasteiger partial charge is 0.261 e. The van der Waals surface area contributed by atoms with E-state index >= 15 is 0 Å². The van der Waals surface area contributed by atoms with E-state index in [9.17, 15) is 9.59 Å². The molecule has 1 N–H and O–H groups in total. The van der Waals surface area contributed by atoms with Gasteiger partial charge in [-0.1, -0.05) is 12.1 Å². The quantitative estimate of drug-likeness (QED) is 0.838. The molecule has 1 saturated heterocycles. The van der Waals surface area contributed by atoms with Gasteiger partial charge in [0.05, 0.1) is 11.1 Å². The average molecular weight is 287 g/mol. The molecule has 1 aromatic carbocycles. The van der Waals surface area contributed by atoms with Crippen LogP contribution in [0.3, 0.4) is 0 Å². The van der Waals surface area contributed by atoms with Crippen molar-refractivity contribution in [2.24, 2.45) is 0 Å². The maximum atomic E-state index is 12.3. The van der Waals surface area contributed by atoms with E-state index in [2.05, 4.69) is 10.2 Å². The highest BCUT2D eigenvalue weighted by atomic mass is 16.2. The minimum atomic E-state index is -0.155. The highest BCUT2D eigenvalue weighted by molar-refractivity contribution is 6.21. The lowest BCUT2D eigenvalue weighted by atomic mass is 10.1. The van der Waals surface area contributed by atoms with Crippen LogP contribution in [0.4, 0.5) is 0 Å². The van der Waals surface area contributed by atoms with Crippen LogP contribution in [0, 0.1) is 0 Å². The Kier molecular flexibility index (Phi) is 4.03. The van der Waals surface area contributed by atoms with Crippen molar-refractivity contribution in [2.75, 3.05) is 33.2 Å². The molecule has 5 nitrogen and oxygen atoms in total. The van der Waals surface area contributed by atoms with Crippen LogP contribution in [0.25, 0.3) is 0 Å². The van der Waals surface area contributed by atoms with Crippen molar-refractivity contribution < 1.29 is 9.59 Å². The number of carbonyl (C=O) groups is 2. The van der Waals surface area contributed by atoms with E-state index in [1.165, 1.54) is 11.3 Å². The second-order valence-corrected chi connectivity index (χ2v) is 5.74. The van der Waals surface area contributed by atoms with Gasteiger partial charge in [0.1, 0.15) is 0 Å². The summed E-state index contributed by atoms with van der Waals surface area (Å²) in [5.41, 5.74) is 1.07. The molecule has 0 bridgehead atoms. The van der Waals surface area contributed by atoms with Crippen LogP contribution in [0.5, 0.6) is 0 Å². The van der Waals surface area contributed by atoms with Gasteiger partial charge in [0.25, 0.3) is 11.8 Å². The molecule has 5 heteroatoms. The SMILES string of the molecule is CNC1CCCN(CCN2C(=O)c3ccccc3C2=O)C1. The maximum absolute atomic E-state index is 12.3. The number of hydrogen-bond acceptors (Lipinski definition) is 4.